The van der Waals surface area contributed by atoms with Crippen molar-refractivity contribution in [1.82, 2.24) is 14.3 Å². The van der Waals surface area contributed by atoms with E-state index in [1.54, 1.807) is 7.11 Å². The van der Waals surface area contributed by atoms with Crippen molar-refractivity contribution < 1.29 is 19.4 Å². The smallest absolute Gasteiger partial charge is 0.354 e. The van der Waals surface area contributed by atoms with Crippen LogP contribution in [0.2, 0.25) is 5.02 Å². The minimum Gasteiger partial charge on any atom is -0.464 e. The molecule has 8 heteroatoms. The van der Waals surface area contributed by atoms with Crippen molar-refractivity contribution in [2.75, 3.05) is 27.4 Å². The number of nitrogens with zero attached hydrogens (tertiary/aromatic N) is 3. The van der Waals surface area contributed by atoms with Crippen LogP contribution < -0.4 is 0 Å². The summed E-state index contributed by atoms with van der Waals surface area (Å²) < 4.78 is 14.2. The molecule has 1 N–H and O–H groups in total. The van der Waals surface area contributed by atoms with E-state index in [0.717, 1.165) is 45.4 Å². The standard InChI is InChI=1S/C23H30ClN3O4/c1-14-19(15(2)26(3)25-14)20-18(24)10-9-17-16(8-6-13-30-4)22(23(29)31-5)27(21(17)20)11-7-12-28/h9-10,28H,6-8,11-13H2,1-5H3. The fourth-order valence-electron chi connectivity index (χ4n) is 4.29. The highest BCUT2D eigenvalue weighted by atomic mass is 35.5. The monoisotopic (exact) mass is 447 g/mol. The number of rotatable bonds is 9. The van der Waals surface area contributed by atoms with Crippen LogP contribution in [0.1, 0.15) is 40.3 Å². The molecule has 0 saturated heterocycles. The lowest BCUT2D eigenvalue weighted by Crippen LogP contribution is -2.14. The van der Waals surface area contributed by atoms with Crippen molar-refractivity contribution in [3.63, 3.8) is 0 Å². The number of carbonyl (C=O) groups is 1. The summed E-state index contributed by atoms with van der Waals surface area (Å²) in [5.41, 5.74) is 5.95. The normalized spacial score (nSPS) is 11.5. The van der Waals surface area contributed by atoms with Crippen LogP contribution in [0.15, 0.2) is 12.1 Å². The number of aromatic nitrogens is 3. The molecule has 0 radical (unpaired) electrons. The number of halogens is 1. The van der Waals surface area contributed by atoms with Gasteiger partial charge >= 0.3 is 5.97 Å². The van der Waals surface area contributed by atoms with Gasteiger partial charge in [0.2, 0.25) is 0 Å². The predicted molar refractivity (Wildman–Crippen MR) is 122 cm³/mol. The van der Waals surface area contributed by atoms with Gasteiger partial charge in [0.05, 0.1) is 23.3 Å². The average molecular weight is 448 g/mol. The minimum absolute atomic E-state index is 0.0140. The van der Waals surface area contributed by atoms with Gasteiger partial charge in [-0.3, -0.25) is 4.68 Å². The van der Waals surface area contributed by atoms with Crippen molar-refractivity contribution >= 4 is 28.5 Å². The Morgan fingerprint density at radius 1 is 1.19 bits per heavy atom. The van der Waals surface area contributed by atoms with E-state index in [-0.39, 0.29) is 6.61 Å². The first-order chi connectivity index (χ1) is 14.9. The molecule has 0 aliphatic carbocycles. The SMILES string of the molecule is COCCCc1c(C(=O)OC)n(CCCO)c2c(-c3c(C)nn(C)c3C)c(Cl)ccc12. The zero-order valence-corrected chi connectivity index (χ0v) is 19.5. The third kappa shape index (κ3) is 4.22. The molecule has 31 heavy (non-hydrogen) atoms. The third-order valence-electron chi connectivity index (χ3n) is 5.73. The molecule has 0 aliphatic rings. The Hall–Kier alpha value is -2.35. The van der Waals surface area contributed by atoms with Gasteiger partial charge in [0.15, 0.2) is 0 Å². The molecule has 3 rings (SSSR count). The Morgan fingerprint density at radius 3 is 2.52 bits per heavy atom. The van der Waals surface area contributed by atoms with Gasteiger partial charge < -0.3 is 19.1 Å². The summed E-state index contributed by atoms with van der Waals surface area (Å²) in [6.45, 7) is 5.03. The molecular formula is C23H30ClN3O4. The van der Waals surface area contributed by atoms with Gasteiger partial charge in [-0.05, 0) is 44.7 Å². The van der Waals surface area contributed by atoms with Crippen molar-refractivity contribution in [3.05, 3.63) is 39.8 Å². The van der Waals surface area contributed by atoms with Gasteiger partial charge in [0, 0.05) is 56.1 Å². The zero-order valence-electron chi connectivity index (χ0n) is 18.8. The predicted octanol–water partition coefficient (Wildman–Crippen LogP) is 4.06. The van der Waals surface area contributed by atoms with Crippen LogP contribution in [0.5, 0.6) is 0 Å². The van der Waals surface area contributed by atoms with Crippen LogP contribution >= 0.6 is 11.6 Å². The Balaban J connectivity index is 2.42. The second kappa shape index (κ2) is 9.85. The van der Waals surface area contributed by atoms with Crippen LogP contribution in [0.4, 0.5) is 0 Å². The Labute approximate surface area is 187 Å². The summed E-state index contributed by atoms with van der Waals surface area (Å²) >= 11 is 6.76. The van der Waals surface area contributed by atoms with Crippen LogP contribution in [0, 0.1) is 13.8 Å². The van der Waals surface area contributed by atoms with E-state index < -0.39 is 5.97 Å². The van der Waals surface area contributed by atoms with E-state index in [4.69, 9.17) is 21.1 Å². The summed E-state index contributed by atoms with van der Waals surface area (Å²) in [5.74, 6) is -0.400. The average Bonchev–Trinajstić information content (AvgIpc) is 3.19. The molecule has 0 saturated carbocycles. The zero-order chi connectivity index (χ0) is 22.7. The molecule has 1 aromatic carbocycles. The molecule has 0 unspecified atom stereocenters. The van der Waals surface area contributed by atoms with Gasteiger partial charge in [-0.2, -0.15) is 5.10 Å². The number of hydrogen-bond acceptors (Lipinski definition) is 5. The maximum Gasteiger partial charge on any atom is 0.354 e. The second-order valence-electron chi connectivity index (χ2n) is 7.63. The fourth-order valence-corrected chi connectivity index (χ4v) is 4.54. The molecule has 7 nitrogen and oxygen atoms in total. The van der Waals surface area contributed by atoms with Gasteiger partial charge in [-0.25, -0.2) is 4.79 Å². The summed E-state index contributed by atoms with van der Waals surface area (Å²) in [6.07, 6.45) is 1.93. The molecule has 0 aliphatic heterocycles. The number of aliphatic hydroxyl groups is 1. The molecule has 0 spiro atoms. The van der Waals surface area contributed by atoms with Gasteiger partial charge in [-0.15, -0.1) is 0 Å². The first-order valence-electron chi connectivity index (χ1n) is 10.4. The van der Waals surface area contributed by atoms with E-state index in [9.17, 15) is 9.90 Å². The number of methoxy groups -OCH3 is 2. The highest BCUT2D eigenvalue weighted by Gasteiger charge is 2.28. The molecule has 2 aromatic heterocycles. The Kier molecular flexibility index (Phi) is 7.41. The number of fused-ring (bicyclic) bond motifs is 1. The highest BCUT2D eigenvalue weighted by molar-refractivity contribution is 6.35. The molecule has 0 amide bonds. The second-order valence-corrected chi connectivity index (χ2v) is 8.04. The molecule has 0 fully saturated rings. The number of aryl methyl sites for hydroxylation is 4. The van der Waals surface area contributed by atoms with Gasteiger partial charge in [0.25, 0.3) is 0 Å². The lowest BCUT2D eigenvalue weighted by molar-refractivity contribution is 0.0586. The minimum atomic E-state index is -0.400. The molecule has 2 heterocycles. The lowest BCUT2D eigenvalue weighted by Gasteiger charge is -2.14. The van der Waals surface area contributed by atoms with Gasteiger partial charge in [0.1, 0.15) is 5.69 Å². The molecule has 0 atom stereocenters. The van der Waals surface area contributed by atoms with Gasteiger partial charge in [-0.1, -0.05) is 17.7 Å². The lowest BCUT2D eigenvalue weighted by atomic mass is 9.98. The van der Waals surface area contributed by atoms with Crippen molar-refractivity contribution in [2.45, 2.75) is 39.7 Å². The number of aliphatic hydroxyl groups excluding tert-OH is 1. The van der Waals surface area contributed by atoms with Crippen molar-refractivity contribution in [2.24, 2.45) is 7.05 Å². The number of esters is 1. The van der Waals surface area contributed by atoms with E-state index in [1.165, 1.54) is 7.11 Å². The topological polar surface area (TPSA) is 78.5 Å². The summed E-state index contributed by atoms with van der Waals surface area (Å²) in [4.78, 5) is 12.9. The Bertz CT molecular complexity index is 1100. The summed E-state index contributed by atoms with van der Waals surface area (Å²) in [5, 5.41) is 15.6. The first-order valence-corrected chi connectivity index (χ1v) is 10.8. The van der Waals surface area contributed by atoms with E-state index >= 15 is 0 Å². The van der Waals surface area contributed by atoms with Crippen molar-refractivity contribution in [1.29, 1.82) is 0 Å². The Morgan fingerprint density at radius 2 is 1.94 bits per heavy atom. The number of hydrogen-bond donors (Lipinski definition) is 1. The van der Waals surface area contributed by atoms with E-state index in [1.807, 2.05) is 42.3 Å². The number of carbonyl (C=O) groups excluding carboxylic acids is 1. The quantitative estimate of drug-likeness (QED) is 0.395. The summed E-state index contributed by atoms with van der Waals surface area (Å²) in [7, 11) is 4.96. The molecule has 3 aromatic rings. The molecule has 168 valence electrons. The fraction of sp³-hybridized carbons (Fsp3) is 0.478. The summed E-state index contributed by atoms with van der Waals surface area (Å²) in [6, 6.07) is 3.84. The molecular weight excluding hydrogens is 418 g/mol. The third-order valence-corrected chi connectivity index (χ3v) is 6.05. The number of benzene rings is 1. The maximum atomic E-state index is 12.9. The highest BCUT2D eigenvalue weighted by Crippen LogP contribution is 2.42. The molecule has 0 bridgehead atoms. The largest absolute Gasteiger partial charge is 0.464 e. The van der Waals surface area contributed by atoms with E-state index in [0.29, 0.717) is 36.7 Å². The van der Waals surface area contributed by atoms with E-state index in [2.05, 4.69) is 5.10 Å². The van der Waals surface area contributed by atoms with Crippen molar-refractivity contribution in [3.8, 4) is 11.1 Å². The van der Waals surface area contributed by atoms with Crippen LogP contribution in [-0.2, 0) is 29.5 Å². The first kappa shape index (κ1) is 23.3. The maximum absolute atomic E-state index is 12.9. The van der Waals surface area contributed by atoms with Crippen LogP contribution in [0.25, 0.3) is 22.0 Å². The number of ether oxygens (including phenoxy) is 2. The van der Waals surface area contributed by atoms with Crippen LogP contribution in [0.3, 0.4) is 0 Å². The van der Waals surface area contributed by atoms with Crippen LogP contribution in [-0.4, -0.2) is 52.9 Å².